The minimum atomic E-state index is -0.701. The Morgan fingerprint density at radius 2 is 2.20 bits per heavy atom. The van der Waals surface area contributed by atoms with Crippen LogP contribution in [-0.2, 0) is 11.2 Å². The second-order valence-corrected chi connectivity index (χ2v) is 5.92. The van der Waals surface area contributed by atoms with E-state index < -0.39 is 5.97 Å². The number of likely N-dealkylation sites (tertiary alicyclic amines) is 1. The number of nitrogens with zero attached hydrogens (tertiary/aromatic N) is 1. The molecule has 1 aromatic carbocycles. The highest BCUT2D eigenvalue weighted by Crippen LogP contribution is 2.28. The van der Waals surface area contributed by atoms with Gasteiger partial charge in [0.2, 0.25) is 0 Å². The third-order valence-electron chi connectivity index (χ3n) is 4.23. The summed E-state index contributed by atoms with van der Waals surface area (Å²) in [6.07, 6.45) is 5.62. The van der Waals surface area contributed by atoms with Gasteiger partial charge in [0.25, 0.3) is 0 Å². The fraction of sp³-hybridized carbons (Fsp3) is 0.588. The minimum absolute atomic E-state index is 0.262. The van der Waals surface area contributed by atoms with Crippen molar-refractivity contribution in [2.75, 3.05) is 20.1 Å². The minimum Gasteiger partial charge on any atom is -0.481 e. The van der Waals surface area contributed by atoms with E-state index in [1.807, 2.05) is 0 Å². The highest BCUT2D eigenvalue weighted by molar-refractivity contribution is 5.66. The average molecular weight is 275 g/mol. The van der Waals surface area contributed by atoms with Gasteiger partial charge in [0, 0.05) is 6.42 Å². The number of aliphatic carboxylic acids is 1. The maximum absolute atomic E-state index is 10.6. The monoisotopic (exact) mass is 275 g/mol. The molecule has 0 bridgehead atoms. The first kappa shape index (κ1) is 15.0. The predicted octanol–water partition coefficient (Wildman–Crippen LogP) is 3.29. The quantitative estimate of drug-likeness (QED) is 0.896. The lowest BCUT2D eigenvalue weighted by molar-refractivity contribution is -0.137. The molecule has 1 aromatic rings. The number of benzene rings is 1. The maximum Gasteiger partial charge on any atom is 0.303 e. The molecule has 1 heterocycles. The highest BCUT2D eigenvalue weighted by Gasteiger charge is 2.16. The zero-order valence-electron chi connectivity index (χ0n) is 12.3. The van der Waals surface area contributed by atoms with Crippen LogP contribution in [0.15, 0.2) is 24.3 Å². The van der Waals surface area contributed by atoms with Crippen molar-refractivity contribution in [3.63, 3.8) is 0 Å². The van der Waals surface area contributed by atoms with Gasteiger partial charge in [-0.05, 0) is 69.3 Å². The van der Waals surface area contributed by atoms with Crippen LogP contribution in [0.2, 0.25) is 0 Å². The molecule has 1 unspecified atom stereocenters. The van der Waals surface area contributed by atoms with Crippen LogP contribution in [0.3, 0.4) is 0 Å². The smallest absolute Gasteiger partial charge is 0.303 e. The van der Waals surface area contributed by atoms with Gasteiger partial charge >= 0.3 is 5.97 Å². The van der Waals surface area contributed by atoms with Crippen molar-refractivity contribution in [3.8, 4) is 0 Å². The normalized spacial score (nSPS) is 20.6. The Labute approximate surface area is 121 Å². The molecule has 1 N–H and O–H groups in total. The fourth-order valence-corrected chi connectivity index (χ4v) is 3.02. The molecule has 1 fully saturated rings. The Bertz CT molecular complexity index is 444. The second-order valence-electron chi connectivity index (χ2n) is 5.92. The summed E-state index contributed by atoms with van der Waals surface area (Å²) < 4.78 is 0. The van der Waals surface area contributed by atoms with Crippen molar-refractivity contribution in [1.29, 1.82) is 0 Å². The van der Waals surface area contributed by atoms with Crippen LogP contribution in [-0.4, -0.2) is 36.1 Å². The first-order valence-electron chi connectivity index (χ1n) is 7.64. The van der Waals surface area contributed by atoms with E-state index >= 15 is 0 Å². The molecule has 0 amide bonds. The standard InChI is InChI=1S/C17H25NO2/c1-18-11-4-8-15(10-12-18)16-7-2-5-14(13-16)6-3-9-17(19)20/h2,5,7,13,15H,3-4,6,8-12H2,1H3,(H,19,20). The lowest BCUT2D eigenvalue weighted by Crippen LogP contribution is -2.18. The maximum atomic E-state index is 10.6. The fourth-order valence-electron chi connectivity index (χ4n) is 3.02. The van der Waals surface area contributed by atoms with Gasteiger partial charge in [-0.3, -0.25) is 4.79 Å². The van der Waals surface area contributed by atoms with Gasteiger partial charge in [-0.15, -0.1) is 0 Å². The average Bonchev–Trinajstić information content (AvgIpc) is 2.63. The Morgan fingerprint density at radius 3 is 3.00 bits per heavy atom. The van der Waals surface area contributed by atoms with Crippen molar-refractivity contribution in [1.82, 2.24) is 4.90 Å². The molecule has 0 saturated carbocycles. The number of rotatable bonds is 5. The van der Waals surface area contributed by atoms with Crippen LogP contribution in [0, 0.1) is 0 Å². The highest BCUT2D eigenvalue weighted by atomic mass is 16.4. The van der Waals surface area contributed by atoms with Crippen molar-refractivity contribution in [2.24, 2.45) is 0 Å². The zero-order valence-corrected chi connectivity index (χ0v) is 12.3. The first-order chi connectivity index (χ1) is 9.65. The number of carbonyl (C=O) groups is 1. The van der Waals surface area contributed by atoms with Gasteiger partial charge in [-0.25, -0.2) is 0 Å². The Balaban J connectivity index is 1.96. The molecule has 20 heavy (non-hydrogen) atoms. The zero-order chi connectivity index (χ0) is 14.4. The number of carboxylic acids is 1. The first-order valence-corrected chi connectivity index (χ1v) is 7.64. The van der Waals surface area contributed by atoms with E-state index in [9.17, 15) is 4.79 Å². The van der Waals surface area contributed by atoms with Crippen LogP contribution >= 0.6 is 0 Å². The van der Waals surface area contributed by atoms with E-state index in [-0.39, 0.29) is 6.42 Å². The van der Waals surface area contributed by atoms with Crippen LogP contribution < -0.4 is 0 Å². The van der Waals surface area contributed by atoms with Crippen molar-refractivity contribution >= 4 is 5.97 Å². The third kappa shape index (κ3) is 4.64. The molecule has 0 radical (unpaired) electrons. The van der Waals surface area contributed by atoms with Crippen LogP contribution in [0.4, 0.5) is 0 Å². The molecule has 2 rings (SSSR count). The van der Waals surface area contributed by atoms with Crippen LogP contribution in [0.25, 0.3) is 0 Å². The molecule has 1 atom stereocenters. The van der Waals surface area contributed by atoms with E-state index in [1.54, 1.807) is 0 Å². The largest absolute Gasteiger partial charge is 0.481 e. The number of aryl methyl sites for hydroxylation is 1. The molecule has 110 valence electrons. The van der Waals surface area contributed by atoms with E-state index in [0.29, 0.717) is 5.92 Å². The summed E-state index contributed by atoms with van der Waals surface area (Å²) in [6, 6.07) is 8.77. The molecule has 0 spiro atoms. The van der Waals surface area contributed by atoms with E-state index in [4.69, 9.17) is 5.11 Å². The molecule has 1 aliphatic rings. The lowest BCUT2D eigenvalue weighted by Gasteiger charge is -2.16. The van der Waals surface area contributed by atoms with Gasteiger partial charge in [0.05, 0.1) is 0 Å². The summed E-state index contributed by atoms with van der Waals surface area (Å²) in [6.45, 7) is 2.38. The molecular weight excluding hydrogens is 250 g/mol. The summed E-state index contributed by atoms with van der Waals surface area (Å²) in [5.74, 6) is -0.0349. The Morgan fingerprint density at radius 1 is 1.35 bits per heavy atom. The van der Waals surface area contributed by atoms with Gasteiger partial charge in [-0.1, -0.05) is 24.3 Å². The van der Waals surface area contributed by atoms with E-state index in [2.05, 4.69) is 36.2 Å². The van der Waals surface area contributed by atoms with Gasteiger partial charge in [0.15, 0.2) is 0 Å². The number of carboxylic acid groups (broad SMARTS) is 1. The van der Waals surface area contributed by atoms with Gasteiger partial charge < -0.3 is 10.0 Å². The van der Waals surface area contributed by atoms with Gasteiger partial charge in [-0.2, -0.15) is 0 Å². The van der Waals surface area contributed by atoms with E-state index in [0.717, 1.165) is 12.8 Å². The molecule has 0 aliphatic carbocycles. The summed E-state index contributed by atoms with van der Waals surface area (Å²) in [5.41, 5.74) is 2.72. The summed E-state index contributed by atoms with van der Waals surface area (Å²) in [4.78, 5) is 13.0. The SMILES string of the molecule is CN1CCCC(c2cccc(CCCC(=O)O)c2)CC1. The third-order valence-corrected chi connectivity index (χ3v) is 4.23. The van der Waals surface area contributed by atoms with Crippen molar-refractivity contribution in [2.45, 2.75) is 44.4 Å². The van der Waals surface area contributed by atoms with Crippen LogP contribution in [0.5, 0.6) is 0 Å². The Kier molecular flexibility index (Phi) is 5.60. The molecular formula is C17H25NO2. The topological polar surface area (TPSA) is 40.5 Å². The Hall–Kier alpha value is -1.35. The summed E-state index contributed by atoms with van der Waals surface area (Å²) >= 11 is 0. The summed E-state index contributed by atoms with van der Waals surface area (Å²) in [5, 5.41) is 8.70. The van der Waals surface area contributed by atoms with E-state index in [1.165, 1.54) is 43.5 Å². The molecule has 1 saturated heterocycles. The second kappa shape index (κ2) is 7.44. The van der Waals surface area contributed by atoms with Gasteiger partial charge in [0.1, 0.15) is 0 Å². The van der Waals surface area contributed by atoms with Crippen LogP contribution in [0.1, 0.15) is 49.1 Å². The predicted molar refractivity (Wildman–Crippen MR) is 81.1 cm³/mol. The number of hydrogen-bond acceptors (Lipinski definition) is 2. The van der Waals surface area contributed by atoms with Crippen molar-refractivity contribution in [3.05, 3.63) is 35.4 Å². The molecule has 3 heteroatoms. The molecule has 3 nitrogen and oxygen atoms in total. The van der Waals surface area contributed by atoms with Crippen molar-refractivity contribution < 1.29 is 9.90 Å². The number of hydrogen-bond donors (Lipinski definition) is 1. The summed E-state index contributed by atoms with van der Waals surface area (Å²) in [7, 11) is 2.20. The molecule has 1 aliphatic heterocycles. The lowest BCUT2D eigenvalue weighted by atomic mass is 9.90. The molecule has 0 aromatic heterocycles.